The standard InChI is InChI=1S/C17H27NO2/c1-19-16-9-8-14(12-17(16)20-2)10-11-18-13-15-6-4-3-5-7-15/h8-9,12,15,18H,3-7,10-11,13H2,1-2H3. The van der Waals surface area contributed by atoms with Crippen molar-refractivity contribution >= 4 is 0 Å². The Kier molecular flexibility index (Phi) is 6.19. The summed E-state index contributed by atoms with van der Waals surface area (Å²) in [5.41, 5.74) is 1.29. The van der Waals surface area contributed by atoms with Gasteiger partial charge in [-0.3, -0.25) is 0 Å². The van der Waals surface area contributed by atoms with E-state index in [-0.39, 0.29) is 0 Å². The Morgan fingerprint density at radius 2 is 1.80 bits per heavy atom. The fraction of sp³-hybridized carbons (Fsp3) is 0.647. The largest absolute Gasteiger partial charge is 0.493 e. The van der Waals surface area contributed by atoms with E-state index in [4.69, 9.17) is 9.47 Å². The van der Waals surface area contributed by atoms with Crippen LogP contribution in [0.1, 0.15) is 37.7 Å². The lowest BCUT2D eigenvalue weighted by Crippen LogP contribution is -2.26. The molecule has 0 amide bonds. The zero-order chi connectivity index (χ0) is 14.2. The molecule has 1 aromatic rings. The molecule has 0 spiro atoms. The molecule has 1 aromatic carbocycles. The third-order valence-electron chi connectivity index (χ3n) is 4.20. The van der Waals surface area contributed by atoms with Crippen molar-refractivity contribution in [3.05, 3.63) is 23.8 Å². The van der Waals surface area contributed by atoms with E-state index in [2.05, 4.69) is 17.4 Å². The van der Waals surface area contributed by atoms with Gasteiger partial charge in [-0.05, 0) is 56.0 Å². The summed E-state index contributed by atoms with van der Waals surface area (Å²) in [7, 11) is 3.35. The van der Waals surface area contributed by atoms with Crippen LogP contribution in [-0.4, -0.2) is 27.3 Å². The minimum absolute atomic E-state index is 0.798. The van der Waals surface area contributed by atoms with E-state index in [1.165, 1.54) is 44.2 Å². The molecular formula is C17H27NO2. The predicted octanol–water partition coefficient (Wildman–Crippen LogP) is 3.42. The molecular weight excluding hydrogens is 250 g/mol. The van der Waals surface area contributed by atoms with Crippen molar-refractivity contribution in [1.29, 1.82) is 0 Å². The SMILES string of the molecule is COc1ccc(CCNCC2CCCCC2)cc1OC. The first-order valence-corrected chi connectivity index (χ1v) is 7.75. The summed E-state index contributed by atoms with van der Waals surface area (Å²) in [4.78, 5) is 0. The highest BCUT2D eigenvalue weighted by Gasteiger charge is 2.12. The van der Waals surface area contributed by atoms with Gasteiger partial charge in [-0.2, -0.15) is 0 Å². The molecule has 2 rings (SSSR count). The van der Waals surface area contributed by atoms with Crippen LogP contribution in [0, 0.1) is 5.92 Å². The molecule has 0 atom stereocenters. The maximum atomic E-state index is 5.33. The zero-order valence-electron chi connectivity index (χ0n) is 12.8. The lowest BCUT2D eigenvalue weighted by atomic mass is 9.89. The molecule has 112 valence electrons. The molecule has 1 saturated carbocycles. The van der Waals surface area contributed by atoms with E-state index in [0.717, 1.165) is 30.4 Å². The van der Waals surface area contributed by atoms with Gasteiger partial charge >= 0.3 is 0 Å². The number of hydrogen-bond acceptors (Lipinski definition) is 3. The van der Waals surface area contributed by atoms with Crippen LogP contribution in [0.5, 0.6) is 11.5 Å². The van der Waals surface area contributed by atoms with Crippen LogP contribution in [0.25, 0.3) is 0 Å². The van der Waals surface area contributed by atoms with Crippen LogP contribution in [0.4, 0.5) is 0 Å². The Morgan fingerprint density at radius 3 is 2.50 bits per heavy atom. The summed E-state index contributed by atoms with van der Waals surface area (Å²) in [5, 5.41) is 3.60. The molecule has 3 nitrogen and oxygen atoms in total. The summed E-state index contributed by atoms with van der Waals surface area (Å²) in [5.74, 6) is 2.51. The van der Waals surface area contributed by atoms with Gasteiger partial charge in [-0.15, -0.1) is 0 Å². The van der Waals surface area contributed by atoms with Crippen molar-refractivity contribution < 1.29 is 9.47 Å². The maximum Gasteiger partial charge on any atom is 0.160 e. The molecule has 1 fully saturated rings. The van der Waals surface area contributed by atoms with Gasteiger partial charge in [0.05, 0.1) is 14.2 Å². The Bertz CT molecular complexity index is 400. The second-order valence-corrected chi connectivity index (χ2v) is 5.65. The van der Waals surface area contributed by atoms with E-state index >= 15 is 0 Å². The van der Waals surface area contributed by atoms with Crippen molar-refractivity contribution in [1.82, 2.24) is 5.32 Å². The van der Waals surface area contributed by atoms with Gasteiger partial charge in [0.15, 0.2) is 11.5 Å². The van der Waals surface area contributed by atoms with Crippen LogP contribution in [-0.2, 0) is 6.42 Å². The second kappa shape index (κ2) is 8.15. The Morgan fingerprint density at radius 1 is 1.05 bits per heavy atom. The predicted molar refractivity (Wildman–Crippen MR) is 82.7 cm³/mol. The summed E-state index contributed by atoms with van der Waals surface area (Å²) in [6.07, 6.45) is 8.12. The normalized spacial score (nSPS) is 16.1. The van der Waals surface area contributed by atoms with E-state index < -0.39 is 0 Å². The zero-order valence-corrected chi connectivity index (χ0v) is 12.8. The average molecular weight is 277 g/mol. The molecule has 0 radical (unpaired) electrons. The molecule has 1 aliphatic rings. The summed E-state index contributed by atoms with van der Waals surface area (Å²) < 4.78 is 10.6. The van der Waals surface area contributed by atoms with E-state index in [1.807, 2.05) is 6.07 Å². The van der Waals surface area contributed by atoms with Gasteiger partial charge in [-0.1, -0.05) is 25.3 Å². The van der Waals surface area contributed by atoms with Gasteiger partial charge in [0, 0.05) is 0 Å². The molecule has 3 heteroatoms. The first-order valence-electron chi connectivity index (χ1n) is 7.75. The van der Waals surface area contributed by atoms with Crippen molar-refractivity contribution in [2.45, 2.75) is 38.5 Å². The van der Waals surface area contributed by atoms with E-state index in [1.54, 1.807) is 14.2 Å². The van der Waals surface area contributed by atoms with Gasteiger partial charge < -0.3 is 14.8 Å². The summed E-state index contributed by atoms with van der Waals surface area (Å²) in [6.45, 7) is 2.21. The fourth-order valence-corrected chi connectivity index (χ4v) is 2.97. The minimum Gasteiger partial charge on any atom is -0.493 e. The van der Waals surface area contributed by atoms with Crippen molar-refractivity contribution in [3.63, 3.8) is 0 Å². The molecule has 1 N–H and O–H groups in total. The van der Waals surface area contributed by atoms with Crippen molar-refractivity contribution in [3.8, 4) is 11.5 Å². The minimum atomic E-state index is 0.798. The highest BCUT2D eigenvalue weighted by atomic mass is 16.5. The molecule has 20 heavy (non-hydrogen) atoms. The third kappa shape index (κ3) is 4.41. The average Bonchev–Trinajstić information content (AvgIpc) is 2.52. The number of ether oxygens (including phenoxy) is 2. The molecule has 0 aromatic heterocycles. The highest BCUT2D eigenvalue weighted by Crippen LogP contribution is 2.27. The smallest absolute Gasteiger partial charge is 0.160 e. The van der Waals surface area contributed by atoms with Crippen LogP contribution >= 0.6 is 0 Å². The maximum absolute atomic E-state index is 5.33. The molecule has 0 aliphatic heterocycles. The van der Waals surface area contributed by atoms with Gasteiger partial charge in [-0.25, -0.2) is 0 Å². The molecule has 1 aliphatic carbocycles. The third-order valence-corrected chi connectivity index (χ3v) is 4.20. The van der Waals surface area contributed by atoms with Gasteiger partial charge in [0.25, 0.3) is 0 Å². The summed E-state index contributed by atoms with van der Waals surface area (Å²) in [6, 6.07) is 6.17. The first-order chi connectivity index (χ1) is 9.83. The first kappa shape index (κ1) is 15.2. The quantitative estimate of drug-likeness (QED) is 0.775. The van der Waals surface area contributed by atoms with Crippen LogP contribution in [0.3, 0.4) is 0 Å². The fourth-order valence-electron chi connectivity index (χ4n) is 2.97. The monoisotopic (exact) mass is 277 g/mol. The second-order valence-electron chi connectivity index (χ2n) is 5.65. The Hall–Kier alpha value is -1.22. The van der Waals surface area contributed by atoms with Crippen LogP contribution < -0.4 is 14.8 Å². The van der Waals surface area contributed by atoms with E-state index in [9.17, 15) is 0 Å². The number of nitrogens with one attached hydrogen (secondary N) is 1. The molecule has 0 heterocycles. The topological polar surface area (TPSA) is 30.5 Å². The number of hydrogen-bond donors (Lipinski definition) is 1. The molecule has 0 unspecified atom stereocenters. The Balaban J connectivity index is 1.73. The van der Waals surface area contributed by atoms with Gasteiger partial charge in [0.1, 0.15) is 0 Å². The van der Waals surface area contributed by atoms with E-state index in [0.29, 0.717) is 0 Å². The van der Waals surface area contributed by atoms with Crippen LogP contribution in [0.2, 0.25) is 0 Å². The van der Waals surface area contributed by atoms with Crippen molar-refractivity contribution in [2.75, 3.05) is 27.3 Å². The summed E-state index contributed by atoms with van der Waals surface area (Å²) >= 11 is 0. The number of rotatable bonds is 7. The molecule has 0 saturated heterocycles. The number of benzene rings is 1. The lowest BCUT2D eigenvalue weighted by Gasteiger charge is -2.21. The van der Waals surface area contributed by atoms with Crippen molar-refractivity contribution in [2.24, 2.45) is 5.92 Å². The highest BCUT2D eigenvalue weighted by molar-refractivity contribution is 5.42. The van der Waals surface area contributed by atoms with Gasteiger partial charge in [0.2, 0.25) is 0 Å². The number of methoxy groups -OCH3 is 2. The Labute approximate surface area is 122 Å². The lowest BCUT2D eigenvalue weighted by molar-refractivity contribution is 0.343. The molecule has 0 bridgehead atoms. The van der Waals surface area contributed by atoms with Crippen LogP contribution in [0.15, 0.2) is 18.2 Å².